The van der Waals surface area contributed by atoms with Gasteiger partial charge in [0.2, 0.25) is 5.13 Å². The number of fused-ring (bicyclic) bond motifs is 1. The van der Waals surface area contributed by atoms with E-state index in [4.69, 9.17) is 9.47 Å². The third-order valence-corrected chi connectivity index (χ3v) is 7.67. The molecule has 1 unspecified atom stereocenters. The molecule has 0 saturated carbocycles. The predicted octanol–water partition coefficient (Wildman–Crippen LogP) is 5.02. The Kier molecular flexibility index (Phi) is 6.72. The van der Waals surface area contributed by atoms with Gasteiger partial charge in [-0.2, -0.15) is 0 Å². The van der Waals surface area contributed by atoms with Gasteiger partial charge in [-0.05, 0) is 49.2 Å². The lowest BCUT2D eigenvalue weighted by Crippen LogP contribution is -2.29. The zero-order chi connectivity index (χ0) is 28.7. The highest BCUT2D eigenvalue weighted by Gasteiger charge is 2.49. The minimum absolute atomic E-state index is 0.0865. The summed E-state index contributed by atoms with van der Waals surface area (Å²) in [5.41, 5.74) is 2.85. The molecule has 41 heavy (non-hydrogen) atoms. The summed E-state index contributed by atoms with van der Waals surface area (Å²) in [5.74, 6) is -1.10. The molecule has 11 heteroatoms. The minimum Gasteiger partial charge on any atom is -0.505 e. The molecule has 5 aromatic rings. The van der Waals surface area contributed by atoms with Crippen molar-refractivity contribution in [1.82, 2.24) is 19.6 Å². The molecular formula is C30H25N5O5S. The standard InChI is InChI=1S/C30H25N5O5S/c1-17-25(34-14-8-7-11-23(34)31-17)27(36)24-26(35(29(38)28(24)37)30-33-32-18(2)41-30)20-12-13-21(22(15-20)39-3)40-16-19-9-5-4-6-10-19/h4-15,26,36H,16H2,1-3H3. The number of aromatic nitrogens is 4. The third kappa shape index (κ3) is 4.59. The molecule has 1 atom stereocenters. The molecule has 0 spiro atoms. The number of carbonyl (C=O) groups excluding carboxylic acids is 2. The Hall–Kier alpha value is -5.03. The number of anilines is 1. The summed E-state index contributed by atoms with van der Waals surface area (Å²) < 4.78 is 13.4. The average Bonchev–Trinajstić information content (AvgIpc) is 3.64. The molecule has 1 fully saturated rings. The lowest BCUT2D eigenvalue weighted by molar-refractivity contribution is -0.132. The Morgan fingerprint density at radius 2 is 1.78 bits per heavy atom. The van der Waals surface area contributed by atoms with Crippen LogP contribution in [0.1, 0.15) is 33.6 Å². The van der Waals surface area contributed by atoms with Crippen molar-refractivity contribution in [1.29, 1.82) is 0 Å². The van der Waals surface area contributed by atoms with Crippen LogP contribution >= 0.6 is 11.3 Å². The number of aryl methyl sites for hydroxylation is 2. The van der Waals surface area contributed by atoms with Crippen molar-refractivity contribution in [3.05, 3.63) is 106 Å². The van der Waals surface area contributed by atoms with Gasteiger partial charge in [-0.25, -0.2) is 4.98 Å². The van der Waals surface area contributed by atoms with E-state index >= 15 is 0 Å². The molecule has 0 radical (unpaired) electrons. The number of hydrogen-bond donors (Lipinski definition) is 1. The average molecular weight is 568 g/mol. The zero-order valence-corrected chi connectivity index (χ0v) is 23.3. The molecule has 1 N–H and O–H groups in total. The molecule has 206 valence electrons. The van der Waals surface area contributed by atoms with Gasteiger partial charge in [0.15, 0.2) is 17.3 Å². The van der Waals surface area contributed by atoms with E-state index in [1.54, 1.807) is 54.8 Å². The van der Waals surface area contributed by atoms with E-state index in [-0.39, 0.29) is 16.5 Å². The first kappa shape index (κ1) is 26.2. The van der Waals surface area contributed by atoms with Crippen LogP contribution in [0.25, 0.3) is 11.4 Å². The van der Waals surface area contributed by atoms with Crippen LogP contribution in [0.2, 0.25) is 0 Å². The fourth-order valence-corrected chi connectivity index (χ4v) is 5.68. The number of methoxy groups -OCH3 is 1. The number of hydrogen-bond acceptors (Lipinski definition) is 9. The second-order valence-electron chi connectivity index (χ2n) is 9.43. The van der Waals surface area contributed by atoms with Crippen molar-refractivity contribution in [3.63, 3.8) is 0 Å². The minimum atomic E-state index is -1.01. The molecule has 4 heterocycles. The van der Waals surface area contributed by atoms with Crippen molar-refractivity contribution >= 4 is 39.6 Å². The third-order valence-electron chi connectivity index (χ3n) is 6.83. The number of carbonyl (C=O) groups is 2. The van der Waals surface area contributed by atoms with Crippen LogP contribution in [0.5, 0.6) is 11.5 Å². The molecule has 1 aliphatic heterocycles. The zero-order valence-electron chi connectivity index (χ0n) is 22.4. The topological polar surface area (TPSA) is 119 Å². The van der Waals surface area contributed by atoms with E-state index in [9.17, 15) is 14.7 Å². The van der Waals surface area contributed by atoms with Gasteiger partial charge in [0.1, 0.15) is 23.0 Å². The van der Waals surface area contributed by atoms with Crippen LogP contribution in [-0.4, -0.2) is 43.5 Å². The summed E-state index contributed by atoms with van der Waals surface area (Å²) in [6.07, 6.45) is 1.74. The van der Waals surface area contributed by atoms with E-state index < -0.39 is 17.7 Å². The Balaban J connectivity index is 1.50. The quantitative estimate of drug-likeness (QED) is 0.166. The highest BCUT2D eigenvalue weighted by atomic mass is 32.1. The summed E-state index contributed by atoms with van der Waals surface area (Å²) in [6.45, 7) is 3.83. The van der Waals surface area contributed by atoms with Gasteiger partial charge < -0.3 is 14.6 Å². The van der Waals surface area contributed by atoms with E-state index in [2.05, 4.69) is 15.2 Å². The van der Waals surface area contributed by atoms with Crippen molar-refractivity contribution in [3.8, 4) is 11.5 Å². The summed E-state index contributed by atoms with van der Waals surface area (Å²) in [7, 11) is 1.52. The van der Waals surface area contributed by atoms with Crippen molar-refractivity contribution in [2.45, 2.75) is 26.5 Å². The van der Waals surface area contributed by atoms with Gasteiger partial charge >= 0.3 is 5.91 Å². The summed E-state index contributed by atoms with van der Waals surface area (Å²) in [5, 5.41) is 20.8. The number of ether oxygens (including phenoxy) is 2. The lowest BCUT2D eigenvalue weighted by Gasteiger charge is -2.23. The maximum atomic E-state index is 13.6. The predicted molar refractivity (Wildman–Crippen MR) is 153 cm³/mol. The Labute approximate surface area is 239 Å². The fraction of sp³-hybridized carbons (Fsp3) is 0.167. The van der Waals surface area contributed by atoms with E-state index in [1.165, 1.54) is 23.3 Å². The number of aliphatic hydroxyl groups excluding tert-OH is 1. The van der Waals surface area contributed by atoms with Crippen LogP contribution in [0.3, 0.4) is 0 Å². The number of nitrogens with zero attached hydrogens (tertiary/aromatic N) is 5. The van der Waals surface area contributed by atoms with Crippen LogP contribution in [0.15, 0.2) is 78.5 Å². The van der Waals surface area contributed by atoms with E-state index in [1.807, 2.05) is 36.4 Å². The maximum Gasteiger partial charge on any atom is 0.301 e. The summed E-state index contributed by atoms with van der Waals surface area (Å²) in [4.78, 5) is 32.9. The second-order valence-corrected chi connectivity index (χ2v) is 10.6. The van der Waals surface area contributed by atoms with Crippen LogP contribution in [-0.2, 0) is 16.2 Å². The smallest absolute Gasteiger partial charge is 0.301 e. The first-order valence-electron chi connectivity index (χ1n) is 12.8. The molecule has 1 saturated heterocycles. The van der Waals surface area contributed by atoms with Gasteiger partial charge in [0.25, 0.3) is 5.78 Å². The molecule has 0 bridgehead atoms. The Bertz CT molecular complexity index is 1830. The van der Waals surface area contributed by atoms with E-state index in [0.29, 0.717) is 45.7 Å². The molecule has 1 amide bonds. The molecular weight excluding hydrogens is 542 g/mol. The van der Waals surface area contributed by atoms with Gasteiger partial charge in [0, 0.05) is 6.20 Å². The highest BCUT2D eigenvalue weighted by molar-refractivity contribution is 7.15. The SMILES string of the molecule is COc1cc(C2C(=C(O)c3c(C)nc4ccccn34)C(=O)C(=O)N2c2nnc(C)s2)ccc1OCc1ccccc1. The number of amides is 1. The van der Waals surface area contributed by atoms with Crippen molar-refractivity contribution in [2.75, 3.05) is 12.0 Å². The normalized spacial score (nSPS) is 16.5. The van der Waals surface area contributed by atoms with Gasteiger partial charge in [-0.15, -0.1) is 10.2 Å². The highest BCUT2D eigenvalue weighted by Crippen LogP contribution is 2.45. The fourth-order valence-electron chi connectivity index (χ4n) is 4.96. The van der Waals surface area contributed by atoms with Crippen LogP contribution in [0, 0.1) is 13.8 Å². The Morgan fingerprint density at radius 3 is 2.51 bits per heavy atom. The summed E-state index contributed by atoms with van der Waals surface area (Å²) >= 11 is 1.18. The van der Waals surface area contributed by atoms with Gasteiger partial charge in [-0.3, -0.25) is 18.9 Å². The van der Waals surface area contributed by atoms with Crippen molar-refractivity contribution < 1.29 is 24.2 Å². The van der Waals surface area contributed by atoms with E-state index in [0.717, 1.165) is 5.56 Å². The van der Waals surface area contributed by atoms with Crippen LogP contribution in [0.4, 0.5) is 5.13 Å². The van der Waals surface area contributed by atoms with Gasteiger partial charge in [-0.1, -0.05) is 53.8 Å². The largest absolute Gasteiger partial charge is 0.505 e. The number of Topliss-reactive ketones (excluding diaryl/α,β-unsaturated/α-hetero) is 1. The van der Waals surface area contributed by atoms with Crippen molar-refractivity contribution in [2.24, 2.45) is 0 Å². The second kappa shape index (κ2) is 10.5. The molecule has 2 aromatic carbocycles. The Morgan fingerprint density at radius 1 is 1.00 bits per heavy atom. The van der Waals surface area contributed by atoms with Gasteiger partial charge in [0.05, 0.1) is 24.4 Å². The maximum absolute atomic E-state index is 13.6. The first-order chi connectivity index (χ1) is 19.9. The summed E-state index contributed by atoms with van der Waals surface area (Å²) in [6, 6.07) is 19.3. The first-order valence-corrected chi connectivity index (χ1v) is 13.6. The molecule has 6 rings (SSSR count). The number of imidazole rings is 1. The molecule has 3 aromatic heterocycles. The lowest BCUT2D eigenvalue weighted by atomic mass is 9.96. The number of aliphatic hydroxyl groups is 1. The number of pyridine rings is 1. The molecule has 10 nitrogen and oxygen atoms in total. The molecule has 1 aliphatic rings. The number of benzene rings is 2. The van der Waals surface area contributed by atoms with Crippen LogP contribution < -0.4 is 14.4 Å². The monoisotopic (exact) mass is 567 g/mol. The number of rotatable bonds is 7. The number of ketones is 1. The molecule has 0 aliphatic carbocycles.